The van der Waals surface area contributed by atoms with Gasteiger partial charge in [0.2, 0.25) is 0 Å². The van der Waals surface area contributed by atoms with Gasteiger partial charge in [0.15, 0.2) is 0 Å². The minimum Gasteiger partial charge on any atom is -0.396 e. The zero-order chi connectivity index (χ0) is 8.95. The molecule has 0 heterocycles. The van der Waals surface area contributed by atoms with E-state index in [0.29, 0.717) is 6.54 Å². The lowest BCUT2D eigenvalue weighted by Gasteiger charge is -1.85. The van der Waals surface area contributed by atoms with Crippen LogP contribution in [0, 0.1) is 0 Å². The van der Waals surface area contributed by atoms with E-state index in [0.717, 1.165) is 12.8 Å². The largest absolute Gasteiger partial charge is 0.396 e. The molecule has 4 nitrogen and oxygen atoms in total. The Morgan fingerprint density at radius 1 is 0.909 bits per heavy atom. The lowest BCUT2D eigenvalue weighted by Crippen LogP contribution is -2.10. The third kappa shape index (κ3) is 25.8. The summed E-state index contributed by atoms with van der Waals surface area (Å²) in [5.41, 5.74) is 0. The lowest BCUT2D eigenvalue weighted by atomic mass is 10.3. The van der Waals surface area contributed by atoms with E-state index in [1.54, 1.807) is 7.05 Å². The van der Waals surface area contributed by atoms with Crippen LogP contribution in [0.1, 0.15) is 12.8 Å². The first-order valence-electron chi connectivity index (χ1n) is 3.80. The van der Waals surface area contributed by atoms with Crippen LogP contribution in [-0.2, 0) is 0 Å². The van der Waals surface area contributed by atoms with Crippen LogP contribution < -0.4 is 5.32 Å². The summed E-state index contributed by atoms with van der Waals surface area (Å²) in [7, 11) is 1.80. The molecule has 4 N–H and O–H groups in total. The number of nitrogens with one attached hydrogen (secondary N) is 1. The Morgan fingerprint density at radius 3 is 1.45 bits per heavy atom. The monoisotopic (exact) mass is 165 g/mol. The number of rotatable bonds is 5. The van der Waals surface area contributed by atoms with Crippen molar-refractivity contribution in [3.63, 3.8) is 0 Å². The van der Waals surface area contributed by atoms with Crippen molar-refractivity contribution in [3.05, 3.63) is 0 Å². The SMILES string of the molecule is CNCCO.OCCCCO. The fourth-order valence-electron chi connectivity index (χ4n) is 0.335. The van der Waals surface area contributed by atoms with Crippen LogP contribution in [0.5, 0.6) is 0 Å². The molecule has 0 aliphatic rings. The summed E-state index contributed by atoms with van der Waals surface area (Å²) in [4.78, 5) is 0. The van der Waals surface area contributed by atoms with Crippen molar-refractivity contribution < 1.29 is 15.3 Å². The van der Waals surface area contributed by atoms with Crippen LogP contribution >= 0.6 is 0 Å². The maximum Gasteiger partial charge on any atom is 0.0555 e. The van der Waals surface area contributed by atoms with Gasteiger partial charge >= 0.3 is 0 Å². The Labute approximate surface area is 67.9 Å². The Bertz CT molecular complexity index is 47.0. The molecule has 0 saturated carbocycles. The molecule has 0 aromatic rings. The first kappa shape index (κ1) is 13.4. The summed E-state index contributed by atoms with van der Waals surface area (Å²) < 4.78 is 0. The topological polar surface area (TPSA) is 72.7 Å². The third-order valence-corrected chi connectivity index (χ3v) is 0.928. The summed E-state index contributed by atoms with van der Waals surface area (Å²) in [6.45, 7) is 1.32. The standard InChI is InChI=1S/C4H10O2.C3H9NO/c5-3-1-2-4-6;1-4-2-3-5/h5-6H,1-4H2;4-5H,2-3H2,1H3. The number of hydrogen-bond donors (Lipinski definition) is 4. The van der Waals surface area contributed by atoms with Gasteiger partial charge in [0.1, 0.15) is 0 Å². The Kier molecular flexibility index (Phi) is 20.1. The molecule has 0 aromatic carbocycles. The summed E-state index contributed by atoms with van der Waals surface area (Å²) in [6.07, 6.45) is 1.44. The molecular formula is C7H19NO3. The zero-order valence-electron chi connectivity index (χ0n) is 7.08. The first-order chi connectivity index (χ1) is 5.33. The number of likely N-dealkylation sites (N-methyl/N-ethyl adjacent to an activating group) is 1. The van der Waals surface area contributed by atoms with Gasteiger partial charge < -0.3 is 20.6 Å². The number of aliphatic hydroxyl groups is 3. The molecule has 11 heavy (non-hydrogen) atoms. The molecule has 0 unspecified atom stereocenters. The minimum absolute atomic E-state index is 0.195. The fraction of sp³-hybridized carbons (Fsp3) is 1.00. The average Bonchev–Trinajstić information content (AvgIpc) is 2.04. The second-order valence-corrected chi connectivity index (χ2v) is 1.98. The molecule has 4 heteroatoms. The molecule has 0 amide bonds. The van der Waals surface area contributed by atoms with Crippen molar-refractivity contribution in [3.8, 4) is 0 Å². The van der Waals surface area contributed by atoms with Crippen LogP contribution in [0.2, 0.25) is 0 Å². The maximum atomic E-state index is 8.09. The molecule has 70 valence electrons. The highest BCUT2D eigenvalue weighted by Crippen LogP contribution is 1.80. The predicted octanol–water partition coefficient (Wildman–Crippen LogP) is -1.05. The van der Waals surface area contributed by atoms with E-state index >= 15 is 0 Å². The lowest BCUT2D eigenvalue weighted by molar-refractivity contribution is 0.242. The van der Waals surface area contributed by atoms with E-state index in [9.17, 15) is 0 Å². The number of unbranched alkanes of at least 4 members (excludes halogenated alkanes) is 1. The Hall–Kier alpha value is -0.160. The summed E-state index contributed by atoms with van der Waals surface area (Å²) in [5.74, 6) is 0. The normalized spacial score (nSPS) is 8.73. The Morgan fingerprint density at radius 2 is 1.36 bits per heavy atom. The van der Waals surface area contributed by atoms with Crippen molar-refractivity contribution in [2.45, 2.75) is 12.8 Å². The maximum absolute atomic E-state index is 8.09. The van der Waals surface area contributed by atoms with Crippen molar-refractivity contribution in [2.75, 3.05) is 33.4 Å². The zero-order valence-corrected chi connectivity index (χ0v) is 7.08. The van der Waals surface area contributed by atoms with Gasteiger partial charge in [0.05, 0.1) is 6.61 Å². The van der Waals surface area contributed by atoms with Crippen molar-refractivity contribution in [2.24, 2.45) is 0 Å². The van der Waals surface area contributed by atoms with E-state index < -0.39 is 0 Å². The highest BCUT2D eigenvalue weighted by molar-refractivity contribution is 4.30. The van der Waals surface area contributed by atoms with E-state index in [4.69, 9.17) is 15.3 Å². The molecule has 0 aliphatic carbocycles. The quantitative estimate of drug-likeness (QED) is 0.392. The van der Waals surface area contributed by atoms with Crippen LogP contribution in [0.15, 0.2) is 0 Å². The Balaban J connectivity index is 0. The summed E-state index contributed by atoms with van der Waals surface area (Å²) in [6, 6.07) is 0. The molecule has 0 atom stereocenters. The second-order valence-electron chi connectivity index (χ2n) is 1.98. The van der Waals surface area contributed by atoms with Gasteiger partial charge in [0, 0.05) is 19.8 Å². The summed E-state index contributed by atoms with van der Waals surface area (Å²) in [5, 5.41) is 26.9. The van der Waals surface area contributed by atoms with Crippen molar-refractivity contribution >= 4 is 0 Å². The number of aliphatic hydroxyl groups excluding tert-OH is 3. The van der Waals surface area contributed by atoms with Crippen LogP contribution in [-0.4, -0.2) is 48.7 Å². The second kappa shape index (κ2) is 16.4. The van der Waals surface area contributed by atoms with Gasteiger partial charge in [-0.1, -0.05) is 0 Å². The summed E-state index contributed by atoms with van der Waals surface area (Å²) >= 11 is 0. The molecular weight excluding hydrogens is 146 g/mol. The molecule has 0 radical (unpaired) electrons. The van der Waals surface area contributed by atoms with E-state index in [1.807, 2.05) is 0 Å². The molecule has 0 fully saturated rings. The van der Waals surface area contributed by atoms with Gasteiger partial charge in [-0.25, -0.2) is 0 Å². The van der Waals surface area contributed by atoms with E-state index in [-0.39, 0.29) is 19.8 Å². The first-order valence-corrected chi connectivity index (χ1v) is 3.80. The van der Waals surface area contributed by atoms with E-state index in [2.05, 4.69) is 5.32 Å². The molecule has 0 aromatic heterocycles. The third-order valence-electron chi connectivity index (χ3n) is 0.928. The van der Waals surface area contributed by atoms with Gasteiger partial charge in [-0.3, -0.25) is 0 Å². The molecule has 0 spiro atoms. The molecule has 0 saturated heterocycles. The molecule has 0 bridgehead atoms. The van der Waals surface area contributed by atoms with Gasteiger partial charge in [-0.2, -0.15) is 0 Å². The van der Waals surface area contributed by atoms with Gasteiger partial charge in [-0.05, 0) is 19.9 Å². The van der Waals surface area contributed by atoms with Gasteiger partial charge in [0.25, 0.3) is 0 Å². The van der Waals surface area contributed by atoms with Gasteiger partial charge in [-0.15, -0.1) is 0 Å². The molecule has 0 rings (SSSR count). The van der Waals surface area contributed by atoms with Crippen LogP contribution in [0.25, 0.3) is 0 Å². The number of hydrogen-bond acceptors (Lipinski definition) is 4. The van der Waals surface area contributed by atoms with Crippen LogP contribution in [0.3, 0.4) is 0 Å². The van der Waals surface area contributed by atoms with E-state index in [1.165, 1.54) is 0 Å². The van der Waals surface area contributed by atoms with Crippen molar-refractivity contribution in [1.82, 2.24) is 5.32 Å². The highest BCUT2D eigenvalue weighted by atomic mass is 16.3. The molecule has 0 aliphatic heterocycles. The minimum atomic E-state index is 0.195. The fourth-order valence-corrected chi connectivity index (χ4v) is 0.335. The highest BCUT2D eigenvalue weighted by Gasteiger charge is 1.77. The van der Waals surface area contributed by atoms with Crippen LogP contribution in [0.4, 0.5) is 0 Å². The predicted molar refractivity (Wildman–Crippen MR) is 44.4 cm³/mol. The average molecular weight is 165 g/mol. The van der Waals surface area contributed by atoms with Crippen molar-refractivity contribution in [1.29, 1.82) is 0 Å². The smallest absolute Gasteiger partial charge is 0.0555 e.